The number of ether oxygens (including phenoxy) is 2. The Balaban J connectivity index is 0.00000261. The maximum Gasteiger partial charge on any atom is 0.194 e. The van der Waals surface area contributed by atoms with Gasteiger partial charge in [-0.3, -0.25) is 9.39 Å². The number of aliphatic imine (C=N–C) groups is 1. The number of aromatic nitrogens is 2. The van der Waals surface area contributed by atoms with Crippen molar-refractivity contribution in [3.05, 3.63) is 47.2 Å². The Hall–Kier alpha value is -2.01. The van der Waals surface area contributed by atoms with E-state index in [-0.39, 0.29) is 24.0 Å². The van der Waals surface area contributed by atoms with Gasteiger partial charge in [0.15, 0.2) is 10.9 Å². The molecule has 0 saturated heterocycles. The first-order chi connectivity index (χ1) is 12.6. The van der Waals surface area contributed by atoms with Crippen LogP contribution in [0, 0.1) is 0 Å². The zero-order valence-electron chi connectivity index (χ0n) is 15.8. The number of nitrogens with one attached hydrogen (secondary N) is 1. The number of rotatable bonds is 6. The normalized spacial score (nSPS) is 11.2. The average molecular weight is 501 g/mol. The molecule has 0 atom stereocenters. The van der Waals surface area contributed by atoms with Crippen LogP contribution in [0.5, 0.6) is 11.5 Å². The zero-order valence-corrected chi connectivity index (χ0v) is 18.9. The minimum absolute atomic E-state index is 0. The molecule has 1 aromatic carbocycles. The molecule has 9 heteroatoms. The van der Waals surface area contributed by atoms with E-state index in [1.54, 1.807) is 32.6 Å². The highest BCUT2D eigenvalue weighted by molar-refractivity contribution is 14.0. The summed E-state index contributed by atoms with van der Waals surface area (Å²) >= 11 is 1.62. The van der Waals surface area contributed by atoms with Crippen LogP contribution in [0.25, 0.3) is 4.96 Å². The van der Waals surface area contributed by atoms with E-state index in [9.17, 15) is 0 Å². The van der Waals surface area contributed by atoms with Crippen molar-refractivity contribution < 1.29 is 9.47 Å². The van der Waals surface area contributed by atoms with Gasteiger partial charge in [0, 0.05) is 50.0 Å². The van der Waals surface area contributed by atoms with Crippen LogP contribution in [0.3, 0.4) is 0 Å². The Morgan fingerprint density at radius 3 is 2.81 bits per heavy atom. The predicted octanol–water partition coefficient (Wildman–Crippen LogP) is 3.24. The number of hydrogen-bond acceptors (Lipinski definition) is 5. The first-order valence-electron chi connectivity index (χ1n) is 8.18. The predicted molar refractivity (Wildman–Crippen MR) is 120 cm³/mol. The largest absolute Gasteiger partial charge is 0.497 e. The number of thiazole rings is 1. The average Bonchev–Trinajstić information content (AvgIpc) is 3.24. The van der Waals surface area contributed by atoms with Gasteiger partial charge in [0.05, 0.1) is 26.5 Å². The van der Waals surface area contributed by atoms with Gasteiger partial charge in [0.1, 0.15) is 11.5 Å². The van der Waals surface area contributed by atoms with Gasteiger partial charge >= 0.3 is 0 Å². The van der Waals surface area contributed by atoms with Crippen molar-refractivity contribution in [2.24, 2.45) is 4.99 Å². The van der Waals surface area contributed by atoms with Gasteiger partial charge in [-0.2, -0.15) is 0 Å². The van der Waals surface area contributed by atoms with E-state index in [0.717, 1.165) is 33.7 Å². The lowest BCUT2D eigenvalue weighted by Crippen LogP contribution is -2.38. The number of halogens is 1. The van der Waals surface area contributed by atoms with Gasteiger partial charge in [-0.25, -0.2) is 4.98 Å². The highest BCUT2D eigenvalue weighted by atomic mass is 127. The maximum atomic E-state index is 5.48. The van der Waals surface area contributed by atoms with Crippen molar-refractivity contribution in [1.29, 1.82) is 0 Å². The molecule has 2 aromatic heterocycles. The molecule has 0 fully saturated rings. The molecule has 0 amide bonds. The van der Waals surface area contributed by atoms with Gasteiger partial charge in [0.25, 0.3) is 0 Å². The summed E-state index contributed by atoms with van der Waals surface area (Å²) in [6.45, 7) is 1.27. The maximum absolute atomic E-state index is 5.48. The monoisotopic (exact) mass is 501 g/mol. The Morgan fingerprint density at radius 2 is 2.15 bits per heavy atom. The van der Waals surface area contributed by atoms with Crippen LogP contribution in [0.1, 0.15) is 11.3 Å². The number of guanidine groups is 1. The number of benzene rings is 1. The molecule has 0 bridgehead atoms. The first-order valence-corrected chi connectivity index (χ1v) is 9.06. The van der Waals surface area contributed by atoms with E-state index in [4.69, 9.17) is 9.47 Å². The number of imidazole rings is 1. The quantitative estimate of drug-likeness (QED) is 0.319. The third-order valence-corrected chi connectivity index (χ3v) is 4.82. The molecule has 0 aliphatic heterocycles. The molecule has 0 saturated carbocycles. The van der Waals surface area contributed by atoms with E-state index < -0.39 is 0 Å². The summed E-state index contributed by atoms with van der Waals surface area (Å²) in [7, 11) is 7.07. The minimum Gasteiger partial charge on any atom is -0.497 e. The summed E-state index contributed by atoms with van der Waals surface area (Å²) in [5.74, 6) is 2.36. The number of methoxy groups -OCH3 is 2. The molecular weight excluding hydrogens is 477 g/mol. The molecule has 3 aromatic rings. The molecule has 7 nitrogen and oxygen atoms in total. The molecule has 27 heavy (non-hydrogen) atoms. The summed E-state index contributed by atoms with van der Waals surface area (Å²) in [6.07, 6.45) is 4.03. The molecular formula is C18H24IN5O2S. The van der Waals surface area contributed by atoms with Crippen molar-refractivity contribution in [3.8, 4) is 11.5 Å². The first kappa shape index (κ1) is 21.3. The lowest BCUT2D eigenvalue weighted by atomic mass is 10.2. The molecule has 0 unspecified atom stereocenters. The van der Waals surface area contributed by atoms with E-state index in [2.05, 4.69) is 15.3 Å². The van der Waals surface area contributed by atoms with E-state index in [0.29, 0.717) is 13.1 Å². The Bertz CT molecular complexity index is 880. The minimum atomic E-state index is 0. The van der Waals surface area contributed by atoms with Gasteiger partial charge in [0.2, 0.25) is 0 Å². The number of hydrogen-bond donors (Lipinski definition) is 1. The van der Waals surface area contributed by atoms with Crippen molar-refractivity contribution >= 4 is 46.2 Å². The fraction of sp³-hybridized carbons (Fsp3) is 0.333. The van der Waals surface area contributed by atoms with Crippen LogP contribution in [-0.4, -0.2) is 48.6 Å². The molecule has 0 aliphatic carbocycles. The van der Waals surface area contributed by atoms with Crippen LogP contribution in [0.15, 0.2) is 41.0 Å². The Kier molecular flexibility index (Phi) is 7.72. The van der Waals surface area contributed by atoms with Gasteiger partial charge in [-0.1, -0.05) is 0 Å². The van der Waals surface area contributed by atoms with Gasteiger partial charge in [-0.05, 0) is 12.1 Å². The van der Waals surface area contributed by atoms with Crippen molar-refractivity contribution in [3.63, 3.8) is 0 Å². The van der Waals surface area contributed by atoms with Gasteiger partial charge < -0.3 is 19.7 Å². The van der Waals surface area contributed by atoms with Crippen LogP contribution in [0.2, 0.25) is 0 Å². The lowest BCUT2D eigenvalue weighted by Gasteiger charge is -2.23. The molecule has 1 N–H and O–H groups in total. The smallest absolute Gasteiger partial charge is 0.194 e. The molecule has 0 radical (unpaired) electrons. The third-order valence-electron chi connectivity index (χ3n) is 4.05. The van der Waals surface area contributed by atoms with Crippen molar-refractivity contribution in [2.75, 3.05) is 28.3 Å². The highest BCUT2D eigenvalue weighted by Crippen LogP contribution is 2.25. The van der Waals surface area contributed by atoms with E-state index >= 15 is 0 Å². The lowest BCUT2D eigenvalue weighted by molar-refractivity contribution is 0.382. The fourth-order valence-electron chi connectivity index (χ4n) is 2.73. The third kappa shape index (κ3) is 5.04. The number of nitrogens with zero attached hydrogens (tertiary/aromatic N) is 4. The van der Waals surface area contributed by atoms with E-state index in [1.165, 1.54) is 0 Å². The molecule has 0 spiro atoms. The van der Waals surface area contributed by atoms with Crippen LogP contribution < -0.4 is 14.8 Å². The second kappa shape index (κ2) is 9.79. The summed E-state index contributed by atoms with van der Waals surface area (Å²) in [5.41, 5.74) is 2.04. The van der Waals surface area contributed by atoms with Crippen LogP contribution in [0.4, 0.5) is 0 Å². The molecule has 3 rings (SSSR count). The van der Waals surface area contributed by atoms with Crippen molar-refractivity contribution in [2.45, 2.75) is 13.1 Å². The molecule has 2 heterocycles. The number of fused-ring (bicyclic) bond motifs is 1. The Labute approximate surface area is 180 Å². The molecule has 146 valence electrons. The van der Waals surface area contributed by atoms with Crippen molar-refractivity contribution in [1.82, 2.24) is 19.6 Å². The van der Waals surface area contributed by atoms with Gasteiger partial charge in [-0.15, -0.1) is 35.3 Å². The molecule has 0 aliphatic rings. The summed E-state index contributed by atoms with van der Waals surface area (Å²) < 4.78 is 12.8. The zero-order chi connectivity index (χ0) is 18.5. The second-order valence-corrected chi connectivity index (χ2v) is 6.63. The van der Waals surface area contributed by atoms with E-state index in [1.807, 2.05) is 52.3 Å². The summed E-state index contributed by atoms with van der Waals surface area (Å²) in [4.78, 5) is 12.0. The standard InChI is InChI=1S/C18H23N5O2S.HI/c1-19-17(20-10-14-12-23-7-8-26-18(23)21-14)22(2)11-13-5-6-15(24-3)9-16(13)25-4;/h5-9,12H,10-11H2,1-4H3,(H,19,20);1H. The highest BCUT2D eigenvalue weighted by Gasteiger charge is 2.12. The summed E-state index contributed by atoms with van der Waals surface area (Å²) in [6, 6.07) is 5.82. The topological polar surface area (TPSA) is 63.4 Å². The fourth-order valence-corrected chi connectivity index (χ4v) is 3.45. The Morgan fingerprint density at radius 1 is 1.33 bits per heavy atom. The summed E-state index contributed by atoms with van der Waals surface area (Å²) in [5, 5.41) is 5.38. The van der Waals surface area contributed by atoms with Crippen LogP contribution >= 0.6 is 35.3 Å². The SMILES string of the molecule is CN=C(NCc1cn2ccsc2n1)N(C)Cc1ccc(OC)cc1OC.I. The second-order valence-electron chi connectivity index (χ2n) is 5.76. The van der Waals surface area contributed by atoms with Crippen LogP contribution in [-0.2, 0) is 13.1 Å².